The molecule has 0 atom stereocenters. The Morgan fingerprint density at radius 1 is 1.28 bits per heavy atom. The number of hydrogen-bond donors (Lipinski definition) is 2. The van der Waals surface area contributed by atoms with E-state index in [1.54, 1.807) is 6.20 Å². The zero-order valence-electron chi connectivity index (χ0n) is 11.1. The lowest BCUT2D eigenvalue weighted by Gasteiger charge is -2.06. The van der Waals surface area contributed by atoms with Gasteiger partial charge in [-0.3, -0.25) is 9.78 Å². The fourth-order valence-corrected chi connectivity index (χ4v) is 1.61. The Labute approximate surface area is 109 Å². The molecule has 0 spiro atoms. The van der Waals surface area contributed by atoms with E-state index in [0.717, 1.165) is 18.8 Å². The van der Waals surface area contributed by atoms with Gasteiger partial charge in [-0.1, -0.05) is 25.8 Å². The number of hydrogen-bond acceptors (Lipinski definition) is 3. The van der Waals surface area contributed by atoms with Crippen LogP contribution >= 0.6 is 0 Å². The smallest absolute Gasteiger partial charge is 0.221 e. The summed E-state index contributed by atoms with van der Waals surface area (Å²) in [4.78, 5) is 15.7. The molecule has 2 N–H and O–H groups in total. The highest BCUT2D eigenvalue weighted by atomic mass is 16.1. The first kappa shape index (κ1) is 14.6. The van der Waals surface area contributed by atoms with Gasteiger partial charge in [0.2, 0.25) is 5.91 Å². The molecule has 1 aromatic heterocycles. The van der Waals surface area contributed by atoms with E-state index in [1.807, 2.05) is 18.2 Å². The molecule has 0 aliphatic rings. The summed E-state index contributed by atoms with van der Waals surface area (Å²) in [6.07, 6.45) is 5.92. The molecule has 1 amide bonds. The van der Waals surface area contributed by atoms with E-state index in [-0.39, 0.29) is 5.91 Å². The van der Waals surface area contributed by atoms with Crippen molar-refractivity contribution in [1.82, 2.24) is 15.6 Å². The minimum absolute atomic E-state index is 0.0728. The van der Waals surface area contributed by atoms with Crippen LogP contribution in [-0.4, -0.2) is 24.0 Å². The van der Waals surface area contributed by atoms with Crippen molar-refractivity contribution in [3.05, 3.63) is 30.1 Å². The van der Waals surface area contributed by atoms with E-state index >= 15 is 0 Å². The highest BCUT2D eigenvalue weighted by molar-refractivity contribution is 5.75. The summed E-state index contributed by atoms with van der Waals surface area (Å²) >= 11 is 0. The Morgan fingerprint density at radius 3 is 2.89 bits per heavy atom. The van der Waals surface area contributed by atoms with Crippen LogP contribution in [0.15, 0.2) is 24.4 Å². The number of nitrogens with zero attached hydrogens (tertiary/aromatic N) is 1. The van der Waals surface area contributed by atoms with Crippen molar-refractivity contribution < 1.29 is 4.79 Å². The van der Waals surface area contributed by atoms with Crippen LogP contribution in [0.3, 0.4) is 0 Å². The van der Waals surface area contributed by atoms with Crippen molar-refractivity contribution in [3.8, 4) is 0 Å². The van der Waals surface area contributed by atoms with Crippen LogP contribution in [0.4, 0.5) is 0 Å². The Morgan fingerprint density at radius 2 is 2.17 bits per heavy atom. The van der Waals surface area contributed by atoms with Gasteiger partial charge < -0.3 is 10.6 Å². The predicted molar refractivity (Wildman–Crippen MR) is 73.1 cm³/mol. The molecule has 18 heavy (non-hydrogen) atoms. The molecule has 4 heteroatoms. The standard InChI is InChI=1S/C14H23N3O/c1-2-3-5-9-15-11-8-14(18)17-12-13-7-4-6-10-16-13/h4,6-7,10,15H,2-3,5,8-9,11-12H2,1H3,(H,17,18). The molecular formula is C14H23N3O. The number of amides is 1. The largest absolute Gasteiger partial charge is 0.350 e. The molecule has 4 nitrogen and oxygen atoms in total. The third-order valence-electron chi connectivity index (χ3n) is 2.68. The number of aromatic nitrogens is 1. The number of unbranched alkanes of at least 4 members (excludes halogenated alkanes) is 2. The van der Waals surface area contributed by atoms with E-state index in [9.17, 15) is 4.79 Å². The van der Waals surface area contributed by atoms with Crippen molar-refractivity contribution in [2.24, 2.45) is 0 Å². The van der Waals surface area contributed by atoms with Gasteiger partial charge in [-0.05, 0) is 25.1 Å². The number of nitrogens with one attached hydrogen (secondary N) is 2. The quantitative estimate of drug-likeness (QED) is 0.657. The third kappa shape index (κ3) is 7.01. The third-order valence-corrected chi connectivity index (χ3v) is 2.68. The molecule has 0 saturated heterocycles. The zero-order chi connectivity index (χ0) is 13.1. The van der Waals surface area contributed by atoms with Crippen LogP contribution in [0.5, 0.6) is 0 Å². The van der Waals surface area contributed by atoms with Gasteiger partial charge in [0.05, 0.1) is 12.2 Å². The second-order valence-electron chi connectivity index (χ2n) is 4.30. The van der Waals surface area contributed by atoms with E-state index in [2.05, 4.69) is 22.5 Å². The molecule has 100 valence electrons. The predicted octanol–water partition coefficient (Wildman–Crippen LogP) is 1.87. The highest BCUT2D eigenvalue weighted by Crippen LogP contribution is 1.93. The number of pyridine rings is 1. The van der Waals surface area contributed by atoms with E-state index < -0.39 is 0 Å². The van der Waals surface area contributed by atoms with Crippen molar-refractivity contribution in [3.63, 3.8) is 0 Å². The zero-order valence-corrected chi connectivity index (χ0v) is 11.1. The molecule has 0 aromatic carbocycles. The first-order chi connectivity index (χ1) is 8.83. The van der Waals surface area contributed by atoms with Crippen LogP contribution < -0.4 is 10.6 Å². The van der Waals surface area contributed by atoms with Gasteiger partial charge >= 0.3 is 0 Å². The average Bonchev–Trinajstić information content (AvgIpc) is 2.41. The van der Waals surface area contributed by atoms with Crippen LogP contribution in [0.25, 0.3) is 0 Å². The minimum atomic E-state index is 0.0728. The molecule has 0 aliphatic heterocycles. The summed E-state index contributed by atoms with van der Waals surface area (Å²) in [6.45, 7) is 4.44. The Kier molecular flexibility index (Phi) is 7.80. The lowest BCUT2D eigenvalue weighted by atomic mass is 10.2. The summed E-state index contributed by atoms with van der Waals surface area (Å²) in [6, 6.07) is 5.69. The van der Waals surface area contributed by atoms with Gasteiger partial charge in [0.1, 0.15) is 0 Å². The minimum Gasteiger partial charge on any atom is -0.350 e. The Bertz CT molecular complexity index is 327. The van der Waals surface area contributed by atoms with Gasteiger partial charge in [-0.15, -0.1) is 0 Å². The van der Waals surface area contributed by atoms with E-state index in [4.69, 9.17) is 0 Å². The van der Waals surface area contributed by atoms with Crippen molar-refractivity contribution in [2.75, 3.05) is 13.1 Å². The fraction of sp³-hybridized carbons (Fsp3) is 0.571. The molecule has 0 fully saturated rings. The molecule has 1 heterocycles. The van der Waals surface area contributed by atoms with Gasteiger partial charge in [0.25, 0.3) is 0 Å². The molecule has 1 rings (SSSR count). The molecule has 0 saturated carbocycles. The monoisotopic (exact) mass is 249 g/mol. The molecular weight excluding hydrogens is 226 g/mol. The number of carbonyl (C=O) groups is 1. The Balaban J connectivity index is 2.01. The fourth-order valence-electron chi connectivity index (χ4n) is 1.61. The number of rotatable bonds is 9. The topological polar surface area (TPSA) is 54.0 Å². The highest BCUT2D eigenvalue weighted by Gasteiger charge is 2.00. The van der Waals surface area contributed by atoms with E-state index in [0.29, 0.717) is 13.0 Å². The van der Waals surface area contributed by atoms with Crippen LogP contribution in [0.2, 0.25) is 0 Å². The normalized spacial score (nSPS) is 10.3. The lowest BCUT2D eigenvalue weighted by Crippen LogP contribution is -2.27. The van der Waals surface area contributed by atoms with Gasteiger partial charge in [0.15, 0.2) is 0 Å². The van der Waals surface area contributed by atoms with E-state index in [1.165, 1.54) is 19.3 Å². The van der Waals surface area contributed by atoms with Gasteiger partial charge in [-0.25, -0.2) is 0 Å². The second kappa shape index (κ2) is 9.59. The maximum absolute atomic E-state index is 11.5. The summed E-state index contributed by atoms with van der Waals surface area (Å²) < 4.78 is 0. The van der Waals surface area contributed by atoms with Gasteiger partial charge in [-0.2, -0.15) is 0 Å². The van der Waals surface area contributed by atoms with Crippen molar-refractivity contribution in [1.29, 1.82) is 0 Å². The molecule has 0 unspecified atom stereocenters. The summed E-state index contributed by atoms with van der Waals surface area (Å²) in [5.41, 5.74) is 0.891. The maximum Gasteiger partial charge on any atom is 0.221 e. The van der Waals surface area contributed by atoms with Crippen LogP contribution in [-0.2, 0) is 11.3 Å². The molecule has 0 radical (unpaired) electrons. The van der Waals surface area contributed by atoms with Crippen molar-refractivity contribution in [2.45, 2.75) is 39.2 Å². The molecule has 1 aromatic rings. The summed E-state index contributed by atoms with van der Waals surface area (Å²) in [5.74, 6) is 0.0728. The number of carbonyl (C=O) groups excluding carboxylic acids is 1. The van der Waals surface area contributed by atoms with Crippen molar-refractivity contribution >= 4 is 5.91 Å². The van der Waals surface area contributed by atoms with Gasteiger partial charge in [0, 0.05) is 19.2 Å². The average molecular weight is 249 g/mol. The first-order valence-corrected chi connectivity index (χ1v) is 6.70. The second-order valence-corrected chi connectivity index (χ2v) is 4.30. The SMILES string of the molecule is CCCCCNCCC(=O)NCc1ccccn1. The Hall–Kier alpha value is -1.42. The summed E-state index contributed by atoms with van der Waals surface area (Å²) in [5, 5.41) is 6.13. The molecule has 0 bridgehead atoms. The summed E-state index contributed by atoms with van der Waals surface area (Å²) in [7, 11) is 0. The van der Waals surface area contributed by atoms with Crippen LogP contribution in [0.1, 0.15) is 38.3 Å². The maximum atomic E-state index is 11.5. The van der Waals surface area contributed by atoms with Crippen LogP contribution in [0, 0.1) is 0 Å². The first-order valence-electron chi connectivity index (χ1n) is 6.70. The lowest BCUT2D eigenvalue weighted by molar-refractivity contribution is -0.121. The molecule has 0 aliphatic carbocycles.